The lowest BCUT2D eigenvalue weighted by molar-refractivity contribution is 0.179. The zero-order valence-electron chi connectivity index (χ0n) is 14.9. The summed E-state index contributed by atoms with van der Waals surface area (Å²) in [7, 11) is 0. The Morgan fingerprint density at radius 3 is 2.12 bits per heavy atom. The van der Waals surface area contributed by atoms with E-state index >= 15 is 0 Å². The van der Waals surface area contributed by atoms with Crippen molar-refractivity contribution in [1.29, 1.82) is 5.26 Å². The molecule has 1 fully saturated rings. The van der Waals surface area contributed by atoms with E-state index in [0.29, 0.717) is 0 Å². The Morgan fingerprint density at radius 2 is 1.50 bits per heavy atom. The van der Waals surface area contributed by atoms with Gasteiger partial charge < -0.3 is 4.57 Å². The van der Waals surface area contributed by atoms with Gasteiger partial charge in [-0.15, -0.1) is 0 Å². The number of hydrogen-bond donors (Lipinski definition) is 0. The molecule has 0 bridgehead atoms. The number of piperidine rings is 1. The molecule has 3 heteroatoms. The van der Waals surface area contributed by atoms with Crippen LogP contribution in [0.5, 0.6) is 0 Å². The molecular weight excluding hydrogens is 318 g/mol. The van der Waals surface area contributed by atoms with Gasteiger partial charge in [-0.1, -0.05) is 42.5 Å². The molecular formula is C23H23N3. The smallest absolute Gasteiger partial charge is 0.0846 e. The maximum Gasteiger partial charge on any atom is 0.0846 e. The maximum absolute atomic E-state index is 9.82. The lowest BCUT2D eigenvalue weighted by Gasteiger charge is -2.37. The molecule has 3 aromatic rings. The first kappa shape index (κ1) is 16.6. The summed E-state index contributed by atoms with van der Waals surface area (Å²) in [5.41, 5.74) is 3.35. The van der Waals surface area contributed by atoms with Gasteiger partial charge in [0, 0.05) is 37.7 Å². The van der Waals surface area contributed by atoms with E-state index in [-0.39, 0.29) is 5.41 Å². The molecule has 0 radical (unpaired) electrons. The summed E-state index contributed by atoms with van der Waals surface area (Å²) in [6, 6.07) is 25.7. The Hall–Kier alpha value is -2.83. The van der Waals surface area contributed by atoms with Crippen LogP contribution in [0.2, 0.25) is 0 Å². The zero-order valence-corrected chi connectivity index (χ0v) is 14.9. The van der Waals surface area contributed by atoms with Crippen molar-refractivity contribution < 1.29 is 0 Å². The number of aromatic nitrogens is 1. The largest absolute Gasteiger partial charge is 0.324 e. The highest BCUT2D eigenvalue weighted by molar-refractivity contribution is 5.36. The fourth-order valence-corrected chi connectivity index (χ4v) is 3.85. The highest BCUT2D eigenvalue weighted by atomic mass is 15.1. The average molecular weight is 341 g/mol. The molecule has 1 saturated heterocycles. The molecule has 130 valence electrons. The Kier molecular flexibility index (Phi) is 4.60. The highest BCUT2D eigenvalue weighted by Gasteiger charge is 2.36. The molecule has 0 spiro atoms. The van der Waals surface area contributed by atoms with Gasteiger partial charge in [0.2, 0.25) is 0 Å². The number of rotatable bonds is 4. The minimum Gasteiger partial charge on any atom is -0.324 e. The van der Waals surface area contributed by atoms with E-state index in [4.69, 9.17) is 0 Å². The second kappa shape index (κ2) is 7.19. The van der Waals surface area contributed by atoms with Gasteiger partial charge in [0.05, 0.1) is 11.5 Å². The third kappa shape index (κ3) is 3.29. The van der Waals surface area contributed by atoms with Gasteiger partial charge in [-0.2, -0.15) is 5.26 Å². The minimum absolute atomic E-state index is 0.323. The summed E-state index contributed by atoms with van der Waals surface area (Å²) >= 11 is 0. The molecule has 1 aromatic heterocycles. The van der Waals surface area contributed by atoms with Crippen LogP contribution in [0, 0.1) is 11.3 Å². The fourth-order valence-electron chi connectivity index (χ4n) is 3.85. The van der Waals surface area contributed by atoms with Crippen molar-refractivity contribution in [1.82, 2.24) is 9.47 Å². The topological polar surface area (TPSA) is 32.0 Å². The van der Waals surface area contributed by atoms with Gasteiger partial charge >= 0.3 is 0 Å². The lowest BCUT2D eigenvalue weighted by atomic mass is 9.74. The monoisotopic (exact) mass is 341 g/mol. The molecule has 26 heavy (non-hydrogen) atoms. The number of hydrogen-bond acceptors (Lipinski definition) is 2. The normalized spacial score (nSPS) is 16.9. The Labute approximate surface area is 155 Å². The third-order valence-electron chi connectivity index (χ3n) is 5.50. The maximum atomic E-state index is 9.82. The summed E-state index contributed by atoms with van der Waals surface area (Å²) < 4.78 is 2.12. The van der Waals surface area contributed by atoms with Gasteiger partial charge in [-0.05, 0) is 48.2 Å². The van der Waals surface area contributed by atoms with Crippen molar-refractivity contribution in [3.8, 4) is 11.8 Å². The SMILES string of the molecule is N#CC1(c2ccccc2)CCN(Cc2ccc(-n3cccc3)cc2)CC1. The molecule has 1 aliphatic heterocycles. The molecule has 0 N–H and O–H groups in total. The summed E-state index contributed by atoms with van der Waals surface area (Å²) in [6.45, 7) is 2.87. The van der Waals surface area contributed by atoms with E-state index in [9.17, 15) is 5.26 Å². The van der Waals surface area contributed by atoms with E-state index in [1.165, 1.54) is 16.8 Å². The van der Waals surface area contributed by atoms with Crippen molar-refractivity contribution in [2.75, 3.05) is 13.1 Å². The van der Waals surface area contributed by atoms with Crippen LogP contribution < -0.4 is 0 Å². The van der Waals surface area contributed by atoms with Crippen LogP contribution in [0.25, 0.3) is 5.69 Å². The minimum atomic E-state index is -0.323. The lowest BCUT2D eigenvalue weighted by Crippen LogP contribution is -2.41. The van der Waals surface area contributed by atoms with Gasteiger partial charge in [-0.3, -0.25) is 4.90 Å². The summed E-state index contributed by atoms with van der Waals surface area (Å²) in [6.07, 6.45) is 5.92. The molecule has 0 saturated carbocycles. The molecule has 2 aromatic carbocycles. The van der Waals surface area contributed by atoms with Crippen molar-refractivity contribution in [2.24, 2.45) is 0 Å². The van der Waals surface area contributed by atoms with E-state index < -0.39 is 0 Å². The van der Waals surface area contributed by atoms with E-state index in [1.54, 1.807) is 0 Å². The van der Waals surface area contributed by atoms with Crippen molar-refractivity contribution in [3.63, 3.8) is 0 Å². The molecule has 1 aliphatic rings. The molecule has 2 heterocycles. The summed E-state index contributed by atoms with van der Waals surface area (Å²) in [5, 5.41) is 9.82. The molecule has 4 rings (SSSR count). The molecule has 0 amide bonds. The van der Waals surface area contributed by atoms with Crippen LogP contribution in [0.4, 0.5) is 0 Å². The number of nitrogens with zero attached hydrogens (tertiary/aromatic N) is 3. The molecule has 3 nitrogen and oxygen atoms in total. The molecule has 0 aliphatic carbocycles. The first-order valence-electron chi connectivity index (χ1n) is 9.21. The Balaban J connectivity index is 1.40. The van der Waals surface area contributed by atoms with Crippen LogP contribution in [-0.4, -0.2) is 22.6 Å². The fraction of sp³-hybridized carbons (Fsp3) is 0.261. The summed E-state index contributed by atoms with van der Waals surface area (Å²) in [5.74, 6) is 0. The number of likely N-dealkylation sites (tertiary alicyclic amines) is 1. The van der Waals surface area contributed by atoms with Gasteiger partial charge in [0.25, 0.3) is 0 Å². The first-order chi connectivity index (χ1) is 12.8. The van der Waals surface area contributed by atoms with Crippen LogP contribution in [0.15, 0.2) is 79.1 Å². The van der Waals surface area contributed by atoms with E-state index in [2.05, 4.69) is 64.3 Å². The third-order valence-corrected chi connectivity index (χ3v) is 5.50. The quantitative estimate of drug-likeness (QED) is 0.698. The average Bonchev–Trinajstić information content (AvgIpc) is 3.25. The highest BCUT2D eigenvalue weighted by Crippen LogP contribution is 2.35. The van der Waals surface area contributed by atoms with Crippen molar-refractivity contribution in [3.05, 3.63) is 90.3 Å². The van der Waals surface area contributed by atoms with Crippen LogP contribution >= 0.6 is 0 Å². The predicted molar refractivity (Wildman–Crippen MR) is 104 cm³/mol. The van der Waals surface area contributed by atoms with Crippen molar-refractivity contribution >= 4 is 0 Å². The van der Waals surface area contributed by atoms with E-state index in [0.717, 1.165) is 32.5 Å². The number of benzene rings is 2. The second-order valence-corrected chi connectivity index (χ2v) is 7.09. The van der Waals surface area contributed by atoms with E-state index in [1.807, 2.05) is 30.3 Å². The van der Waals surface area contributed by atoms with Gasteiger partial charge in [0.15, 0.2) is 0 Å². The van der Waals surface area contributed by atoms with Crippen LogP contribution in [0.1, 0.15) is 24.0 Å². The van der Waals surface area contributed by atoms with Crippen molar-refractivity contribution in [2.45, 2.75) is 24.8 Å². The first-order valence-corrected chi connectivity index (χ1v) is 9.21. The molecule has 0 unspecified atom stereocenters. The summed E-state index contributed by atoms with van der Waals surface area (Å²) in [4.78, 5) is 2.46. The van der Waals surface area contributed by atoms with Gasteiger partial charge in [0.1, 0.15) is 0 Å². The van der Waals surface area contributed by atoms with Gasteiger partial charge in [-0.25, -0.2) is 0 Å². The molecule has 0 atom stereocenters. The second-order valence-electron chi connectivity index (χ2n) is 7.09. The number of nitriles is 1. The standard InChI is InChI=1S/C23H23N3/c24-19-23(21-6-2-1-3-7-21)12-16-25(17-13-23)18-20-8-10-22(11-9-20)26-14-4-5-15-26/h1-11,14-15H,12-13,16-18H2. The van der Waals surface area contributed by atoms with Crippen LogP contribution in [0.3, 0.4) is 0 Å². The van der Waals surface area contributed by atoms with Crippen LogP contribution in [-0.2, 0) is 12.0 Å². The Morgan fingerprint density at radius 1 is 0.846 bits per heavy atom. The zero-order chi connectivity index (χ0) is 17.8. The Bertz CT molecular complexity index is 865. The predicted octanol–water partition coefficient (Wildman–Crippen LogP) is 4.53.